The van der Waals surface area contributed by atoms with Crippen molar-refractivity contribution in [2.45, 2.75) is 20.8 Å². The lowest BCUT2D eigenvalue weighted by molar-refractivity contribution is -0.131. The van der Waals surface area contributed by atoms with E-state index in [9.17, 15) is 14.4 Å². The van der Waals surface area contributed by atoms with Crippen molar-refractivity contribution in [3.8, 4) is 0 Å². The van der Waals surface area contributed by atoms with E-state index in [0.29, 0.717) is 5.52 Å². The molecule has 0 fully saturated rings. The van der Waals surface area contributed by atoms with E-state index >= 15 is 0 Å². The second-order valence-corrected chi connectivity index (χ2v) is 6.32. The Morgan fingerprint density at radius 1 is 1.00 bits per heavy atom. The molecule has 3 N–H and O–H groups in total. The number of rotatable bonds is 3. The summed E-state index contributed by atoms with van der Waals surface area (Å²) >= 11 is 0. The average molecular weight is 328 g/mol. The Balaban J connectivity index is 1.87. The Morgan fingerprint density at radius 2 is 1.71 bits per heavy atom. The van der Waals surface area contributed by atoms with E-state index in [1.807, 2.05) is 18.2 Å². The van der Waals surface area contributed by atoms with Crippen molar-refractivity contribution >= 4 is 28.6 Å². The quantitative estimate of drug-likeness (QED) is 0.736. The van der Waals surface area contributed by atoms with Crippen molar-refractivity contribution in [2.24, 2.45) is 5.41 Å². The number of benzene rings is 1. The lowest BCUT2D eigenvalue weighted by Gasteiger charge is -2.17. The highest BCUT2D eigenvalue weighted by atomic mass is 16.2. The molecule has 0 radical (unpaired) electrons. The third-order valence-electron chi connectivity index (χ3n) is 3.24. The highest BCUT2D eigenvalue weighted by Gasteiger charge is 2.21. The molecule has 24 heavy (non-hydrogen) atoms. The summed E-state index contributed by atoms with van der Waals surface area (Å²) < 4.78 is 0. The van der Waals surface area contributed by atoms with Gasteiger partial charge in [-0.05, 0) is 12.1 Å². The van der Waals surface area contributed by atoms with Gasteiger partial charge in [0.1, 0.15) is 5.69 Å². The molecule has 0 aliphatic heterocycles. The molecule has 1 aromatic heterocycles. The summed E-state index contributed by atoms with van der Waals surface area (Å²) in [5, 5.41) is 3.41. The first-order valence-electron chi connectivity index (χ1n) is 7.50. The number of hydrogen-bond donors (Lipinski definition) is 3. The molecule has 2 aromatic rings. The third-order valence-corrected chi connectivity index (χ3v) is 3.24. The van der Waals surface area contributed by atoms with Gasteiger partial charge in [-0.1, -0.05) is 45.0 Å². The van der Waals surface area contributed by atoms with Crippen LogP contribution in [0.4, 0.5) is 0 Å². The predicted octanol–water partition coefficient (Wildman–Crippen LogP) is 1.16. The summed E-state index contributed by atoms with van der Waals surface area (Å²) in [4.78, 5) is 39.6. The zero-order valence-electron chi connectivity index (χ0n) is 13.8. The smallest absolute Gasteiger partial charge is 0.288 e. The van der Waals surface area contributed by atoms with E-state index in [-0.39, 0.29) is 18.1 Å². The molecule has 1 aromatic carbocycles. The lowest BCUT2D eigenvalue weighted by Crippen LogP contribution is -2.48. The molecule has 0 saturated carbocycles. The summed E-state index contributed by atoms with van der Waals surface area (Å²) in [6.07, 6.45) is 0. The number of pyridine rings is 1. The standard InChI is InChI=1S/C17H20N4O3/c1-17(2,3)16(24)18-10-14(22)20-21-15(23)13-9-8-11-6-4-5-7-12(11)19-13/h4-9H,10H2,1-3H3,(H,18,24)(H,20,22)(H,21,23). The Morgan fingerprint density at radius 3 is 2.42 bits per heavy atom. The SMILES string of the molecule is CC(C)(C)C(=O)NCC(=O)NNC(=O)c1ccc2ccccc2n1. The highest BCUT2D eigenvalue weighted by molar-refractivity contribution is 5.96. The second-order valence-electron chi connectivity index (χ2n) is 6.32. The van der Waals surface area contributed by atoms with Crippen molar-refractivity contribution in [1.29, 1.82) is 0 Å². The normalized spacial score (nSPS) is 11.0. The van der Waals surface area contributed by atoms with Crippen LogP contribution in [0.3, 0.4) is 0 Å². The number of hydrogen-bond acceptors (Lipinski definition) is 4. The molecule has 0 saturated heterocycles. The lowest BCUT2D eigenvalue weighted by atomic mass is 9.96. The number of nitrogens with zero attached hydrogens (tertiary/aromatic N) is 1. The van der Waals surface area contributed by atoms with E-state index in [1.54, 1.807) is 39.0 Å². The first kappa shape index (κ1) is 17.4. The number of fused-ring (bicyclic) bond motifs is 1. The van der Waals surface area contributed by atoms with E-state index in [2.05, 4.69) is 21.2 Å². The van der Waals surface area contributed by atoms with Crippen LogP contribution in [0.15, 0.2) is 36.4 Å². The van der Waals surface area contributed by atoms with Crippen LogP contribution in [0, 0.1) is 5.41 Å². The van der Waals surface area contributed by atoms with Crippen LogP contribution in [0.2, 0.25) is 0 Å². The fraction of sp³-hybridized carbons (Fsp3) is 0.294. The average Bonchev–Trinajstić information content (AvgIpc) is 2.56. The number of para-hydroxylation sites is 1. The number of carbonyl (C=O) groups excluding carboxylic acids is 3. The molecule has 0 bridgehead atoms. The largest absolute Gasteiger partial charge is 0.347 e. The maximum absolute atomic E-state index is 12.0. The number of amides is 3. The Kier molecular flexibility index (Phi) is 5.13. The maximum atomic E-state index is 12.0. The molecule has 2 rings (SSSR count). The van der Waals surface area contributed by atoms with Crippen LogP contribution in [-0.4, -0.2) is 29.3 Å². The first-order valence-corrected chi connectivity index (χ1v) is 7.50. The van der Waals surface area contributed by atoms with Crippen LogP contribution < -0.4 is 16.2 Å². The van der Waals surface area contributed by atoms with Gasteiger partial charge in [-0.25, -0.2) is 4.98 Å². The summed E-state index contributed by atoms with van der Waals surface area (Å²) in [6, 6.07) is 10.8. The van der Waals surface area contributed by atoms with Crippen LogP contribution in [0.5, 0.6) is 0 Å². The van der Waals surface area contributed by atoms with Crippen LogP contribution in [0.1, 0.15) is 31.3 Å². The number of aromatic nitrogens is 1. The van der Waals surface area contributed by atoms with Crippen molar-refractivity contribution < 1.29 is 14.4 Å². The maximum Gasteiger partial charge on any atom is 0.288 e. The van der Waals surface area contributed by atoms with Gasteiger partial charge in [-0.2, -0.15) is 0 Å². The highest BCUT2D eigenvalue weighted by Crippen LogP contribution is 2.12. The summed E-state index contributed by atoms with van der Waals surface area (Å²) in [5.74, 6) is -1.31. The van der Waals surface area contributed by atoms with Crippen LogP contribution >= 0.6 is 0 Å². The van der Waals surface area contributed by atoms with E-state index < -0.39 is 17.2 Å². The zero-order valence-corrected chi connectivity index (χ0v) is 13.8. The molecule has 0 spiro atoms. The second kappa shape index (κ2) is 7.08. The topological polar surface area (TPSA) is 100 Å². The molecular formula is C17H20N4O3. The van der Waals surface area contributed by atoms with E-state index in [0.717, 1.165) is 5.39 Å². The molecule has 0 atom stereocenters. The summed E-state index contributed by atoms with van der Waals surface area (Å²) in [6.45, 7) is 5.01. The summed E-state index contributed by atoms with van der Waals surface area (Å²) in [5.41, 5.74) is 4.81. The molecule has 0 aliphatic rings. The van der Waals surface area contributed by atoms with Gasteiger partial charge in [0.15, 0.2) is 0 Å². The number of nitrogens with one attached hydrogen (secondary N) is 3. The Labute approximate surface area is 139 Å². The van der Waals surface area contributed by atoms with Crippen molar-refractivity contribution in [1.82, 2.24) is 21.2 Å². The molecule has 1 heterocycles. The molecule has 0 unspecified atom stereocenters. The third kappa shape index (κ3) is 4.52. The van der Waals surface area contributed by atoms with Gasteiger partial charge in [-0.15, -0.1) is 0 Å². The molecule has 7 heteroatoms. The van der Waals surface area contributed by atoms with Crippen molar-refractivity contribution in [3.63, 3.8) is 0 Å². The Hall–Kier alpha value is -2.96. The van der Waals surface area contributed by atoms with Crippen LogP contribution in [-0.2, 0) is 9.59 Å². The molecule has 7 nitrogen and oxygen atoms in total. The first-order chi connectivity index (χ1) is 11.3. The minimum Gasteiger partial charge on any atom is -0.347 e. The van der Waals surface area contributed by atoms with Gasteiger partial charge in [-0.3, -0.25) is 25.2 Å². The fourth-order valence-electron chi connectivity index (χ4n) is 1.85. The monoisotopic (exact) mass is 328 g/mol. The number of hydrazine groups is 1. The van der Waals surface area contributed by atoms with Gasteiger partial charge in [0.25, 0.3) is 11.8 Å². The predicted molar refractivity (Wildman–Crippen MR) is 89.8 cm³/mol. The Bertz CT molecular complexity index is 781. The molecule has 126 valence electrons. The van der Waals surface area contributed by atoms with Crippen molar-refractivity contribution in [3.05, 3.63) is 42.1 Å². The fourth-order valence-corrected chi connectivity index (χ4v) is 1.85. The molecular weight excluding hydrogens is 308 g/mol. The van der Waals surface area contributed by atoms with Gasteiger partial charge >= 0.3 is 0 Å². The van der Waals surface area contributed by atoms with Gasteiger partial charge in [0.05, 0.1) is 12.1 Å². The molecule has 3 amide bonds. The minimum absolute atomic E-state index is 0.188. The van der Waals surface area contributed by atoms with E-state index in [1.165, 1.54) is 0 Å². The van der Waals surface area contributed by atoms with E-state index in [4.69, 9.17) is 0 Å². The van der Waals surface area contributed by atoms with Crippen LogP contribution in [0.25, 0.3) is 10.9 Å². The zero-order chi connectivity index (χ0) is 17.7. The number of carbonyl (C=O) groups is 3. The van der Waals surface area contributed by atoms with Gasteiger partial charge in [0, 0.05) is 10.8 Å². The van der Waals surface area contributed by atoms with Gasteiger partial charge in [0.2, 0.25) is 5.91 Å². The summed E-state index contributed by atoms with van der Waals surface area (Å²) in [7, 11) is 0. The van der Waals surface area contributed by atoms with Crippen molar-refractivity contribution in [2.75, 3.05) is 6.54 Å². The molecule has 0 aliphatic carbocycles. The minimum atomic E-state index is -0.585. The van der Waals surface area contributed by atoms with Gasteiger partial charge < -0.3 is 5.32 Å².